The van der Waals surface area contributed by atoms with Crippen LogP contribution in [0.25, 0.3) is 0 Å². The molecule has 4 heteroatoms. The minimum Gasteiger partial charge on any atom is -0.428 e. The molecule has 0 aliphatic carbocycles. The molecule has 0 bridgehead atoms. The number of carbonyl (C=O) groups excluding carboxylic acids is 2. The van der Waals surface area contributed by atoms with E-state index in [1.807, 2.05) is 0 Å². The molecular weight excluding hydrogens is 208 g/mol. The fraction of sp³-hybridized carbons (Fsp3) is 0.167. The van der Waals surface area contributed by atoms with Crippen LogP contribution in [-0.2, 0) is 9.53 Å². The van der Waals surface area contributed by atoms with Gasteiger partial charge < -0.3 is 9.47 Å². The quantitative estimate of drug-likeness (QED) is 0.445. The van der Waals surface area contributed by atoms with Gasteiger partial charge in [-0.2, -0.15) is 0 Å². The van der Waals surface area contributed by atoms with Crippen molar-refractivity contribution in [3.8, 4) is 5.75 Å². The second kappa shape index (κ2) is 5.11. The van der Waals surface area contributed by atoms with Crippen LogP contribution in [0, 0.1) is 0 Å². The Bertz CT molecular complexity index is 434. The Morgan fingerprint density at radius 1 is 1.25 bits per heavy atom. The van der Waals surface area contributed by atoms with Crippen LogP contribution in [0.2, 0.25) is 0 Å². The summed E-state index contributed by atoms with van der Waals surface area (Å²) in [5.41, 5.74) is 0.307. The maximum Gasteiger partial charge on any atom is 0.343 e. The molecule has 1 aromatic carbocycles. The first-order valence-corrected chi connectivity index (χ1v) is 4.65. The highest BCUT2D eigenvalue weighted by Gasteiger charge is 2.09. The first-order chi connectivity index (χ1) is 7.49. The molecule has 0 fully saturated rings. The van der Waals surface area contributed by atoms with Gasteiger partial charge in [0.05, 0.1) is 11.3 Å². The number of ether oxygens (including phenoxy) is 2. The summed E-state index contributed by atoms with van der Waals surface area (Å²) in [5.74, 6) is -0.349. The number of esters is 2. The second-order valence-electron chi connectivity index (χ2n) is 3.21. The summed E-state index contributed by atoms with van der Waals surface area (Å²) >= 11 is 0. The van der Waals surface area contributed by atoms with Gasteiger partial charge in [-0.1, -0.05) is 12.6 Å². The lowest BCUT2D eigenvalue weighted by Gasteiger charge is -2.05. The van der Waals surface area contributed by atoms with Gasteiger partial charge in [-0.15, -0.1) is 0 Å². The standard InChI is InChI=1S/C12H12O4/c1-8(2)15-12(14)10-5-4-6-11(7-10)16-9(3)13/h4-7H,1H2,2-3H3. The van der Waals surface area contributed by atoms with Crippen LogP contribution in [0.3, 0.4) is 0 Å². The Balaban J connectivity index is 2.85. The molecule has 0 N–H and O–H groups in total. The third-order valence-electron chi connectivity index (χ3n) is 1.60. The van der Waals surface area contributed by atoms with E-state index in [9.17, 15) is 9.59 Å². The molecule has 0 radical (unpaired) electrons. The normalized spacial score (nSPS) is 9.38. The lowest BCUT2D eigenvalue weighted by atomic mass is 10.2. The van der Waals surface area contributed by atoms with Gasteiger partial charge in [0.25, 0.3) is 0 Å². The number of rotatable bonds is 3. The van der Waals surface area contributed by atoms with E-state index in [0.717, 1.165) is 0 Å². The predicted octanol–water partition coefficient (Wildman–Crippen LogP) is 2.30. The Hall–Kier alpha value is -2.10. The molecule has 84 valence electrons. The van der Waals surface area contributed by atoms with Gasteiger partial charge in [-0.05, 0) is 25.1 Å². The Morgan fingerprint density at radius 2 is 1.94 bits per heavy atom. The summed E-state index contributed by atoms with van der Waals surface area (Å²) in [7, 11) is 0. The summed E-state index contributed by atoms with van der Waals surface area (Å²) < 4.78 is 9.66. The SMILES string of the molecule is C=C(C)OC(=O)c1cccc(OC(C)=O)c1. The summed E-state index contributed by atoms with van der Waals surface area (Å²) in [5, 5.41) is 0. The Morgan fingerprint density at radius 3 is 2.50 bits per heavy atom. The van der Waals surface area contributed by atoms with E-state index in [1.165, 1.54) is 13.0 Å². The maximum absolute atomic E-state index is 11.5. The lowest BCUT2D eigenvalue weighted by molar-refractivity contribution is -0.131. The average Bonchev–Trinajstić information content (AvgIpc) is 2.16. The molecule has 1 rings (SSSR count). The van der Waals surface area contributed by atoms with Crippen molar-refractivity contribution in [2.45, 2.75) is 13.8 Å². The van der Waals surface area contributed by atoms with Gasteiger partial charge in [0.15, 0.2) is 0 Å². The fourth-order valence-corrected chi connectivity index (χ4v) is 1.07. The number of hydrogen-bond donors (Lipinski definition) is 0. The van der Waals surface area contributed by atoms with Gasteiger partial charge in [-0.25, -0.2) is 4.79 Å². The van der Waals surface area contributed by atoms with Crippen molar-refractivity contribution >= 4 is 11.9 Å². The monoisotopic (exact) mass is 220 g/mol. The van der Waals surface area contributed by atoms with Crippen LogP contribution in [-0.4, -0.2) is 11.9 Å². The largest absolute Gasteiger partial charge is 0.428 e. The zero-order valence-corrected chi connectivity index (χ0v) is 9.15. The lowest BCUT2D eigenvalue weighted by Crippen LogP contribution is -2.05. The molecule has 0 amide bonds. The molecule has 16 heavy (non-hydrogen) atoms. The van der Waals surface area contributed by atoms with Crippen LogP contribution < -0.4 is 4.74 Å². The summed E-state index contributed by atoms with van der Waals surface area (Å²) in [6, 6.07) is 6.19. The highest BCUT2D eigenvalue weighted by atomic mass is 16.5. The van der Waals surface area contributed by atoms with Crippen molar-refractivity contribution in [3.63, 3.8) is 0 Å². The van der Waals surface area contributed by atoms with Crippen LogP contribution >= 0.6 is 0 Å². The zero-order valence-electron chi connectivity index (χ0n) is 9.15. The molecule has 0 saturated carbocycles. The molecule has 4 nitrogen and oxygen atoms in total. The van der Waals surface area contributed by atoms with Crippen molar-refractivity contribution in [2.75, 3.05) is 0 Å². The summed E-state index contributed by atoms with van der Waals surface area (Å²) in [6.45, 7) is 6.33. The molecule has 0 aromatic heterocycles. The van der Waals surface area contributed by atoms with Crippen LogP contribution in [0.5, 0.6) is 5.75 Å². The minimum absolute atomic E-state index is 0.307. The van der Waals surface area contributed by atoms with Crippen molar-refractivity contribution in [1.29, 1.82) is 0 Å². The molecule has 0 atom stereocenters. The van der Waals surface area contributed by atoms with Gasteiger partial charge in [0.1, 0.15) is 5.75 Å². The van der Waals surface area contributed by atoms with Gasteiger partial charge >= 0.3 is 11.9 Å². The van der Waals surface area contributed by atoms with E-state index in [-0.39, 0.29) is 0 Å². The minimum atomic E-state index is -0.526. The van der Waals surface area contributed by atoms with Gasteiger partial charge in [0, 0.05) is 6.92 Å². The van der Waals surface area contributed by atoms with E-state index >= 15 is 0 Å². The summed E-state index contributed by atoms with van der Waals surface area (Å²) in [4.78, 5) is 22.2. The highest BCUT2D eigenvalue weighted by molar-refractivity contribution is 5.90. The van der Waals surface area contributed by atoms with E-state index in [0.29, 0.717) is 17.1 Å². The number of carbonyl (C=O) groups is 2. The van der Waals surface area contributed by atoms with Gasteiger partial charge in [-0.3, -0.25) is 4.79 Å². The van der Waals surface area contributed by atoms with E-state index in [2.05, 4.69) is 6.58 Å². The third-order valence-corrected chi connectivity index (χ3v) is 1.60. The molecule has 0 aliphatic rings. The van der Waals surface area contributed by atoms with E-state index < -0.39 is 11.9 Å². The van der Waals surface area contributed by atoms with Crippen molar-refractivity contribution in [3.05, 3.63) is 42.2 Å². The average molecular weight is 220 g/mol. The molecule has 0 saturated heterocycles. The first-order valence-electron chi connectivity index (χ1n) is 4.65. The molecule has 0 spiro atoms. The number of allylic oxidation sites excluding steroid dienone is 1. The zero-order chi connectivity index (χ0) is 12.1. The second-order valence-corrected chi connectivity index (χ2v) is 3.21. The molecular formula is C12H12O4. The summed E-state index contributed by atoms with van der Waals surface area (Å²) in [6.07, 6.45) is 0. The predicted molar refractivity (Wildman–Crippen MR) is 58.0 cm³/mol. The van der Waals surface area contributed by atoms with Crippen molar-refractivity contribution in [2.24, 2.45) is 0 Å². The Labute approximate surface area is 93.5 Å². The first kappa shape index (κ1) is 12.0. The van der Waals surface area contributed by atoms with E-state index in [1.54, 1.807) is 25.1 Å². The molecule has 0 heterocycles. The topological polar surface area (TPSA) is 52.6 Å². The number of benzene rings is 1. The maximum atomic E-state index is 11.5. The third kappa shape index (κ3) is 3.57. The van der Waals surface area contributed by atoms with Crippen molar-refractivity contribution < 1.29 is 19.1 Å². The van der Waals surface area contributed by atoms with Crippen LogP contribution in [0.15, 0.2) is 36.6 Å². The number of hydrogen-bond acceptors (Lipinski definition) is 4. The van der Waals surface area contributed by atoms with Gasteiger partial charge in [0.2, 0.25) is 0 Å². The molecule has 0 unspecified atom stereocenters. The smallest absolute Gasteiger partial charge is 0.343 e. The molecule has 0 aliphatic heterocycles. The van der Waals surface area contributed by atoms with E-state index in [4.69, 9.17) is 9.47 Å². The van der Waals surface area contributed by atoms with Crippen LogP contribution in [0.1, 0.15) is 24.2 Å². The highest BCUT2D eigenvalue weighted by Crippen LogP contribution is 2.15. The Kier molecular flexibility index (Phi) is 3.83. The molecule has 1 aromatic rings. The fourth-order valence-electron chi connectivity index (χ4n) is 1.07. The van der Waals surface area contributed by atoms with Crippen LogP contribution in [0.4, 0.5) is 0 Å². The van der Waals surface area contributed by atoms with Crippen molar-refractivity contribution in [1.82, 2.24) is 0 Å².